The molecule has 112 valence electrons. The highest BCUT2D eigenvalue weighted by molar-refractivity contribution is 7.92. The normalized spacial score (nSPS) is 11.5. The van der Waals surface area contributed by atoms with Crippen LogP contribution < -0.4 is 4.31 Å². The number of nitrogens with zero attached hydrogens (tertiary/aromatic N) is 1. The molecule has 0 radical (unpaired) electrons. The Labute approximate surface area is 126 Å². The lowest BCUT2D eigenvalue weighted by atomic mass is 10.2. The van der Waals surface area contributed by atoms with Gasteiger partial charge in [0.1, 0.15) is 11.6 Å². The fourth-order valence-electron chi connectivity index (χ4n) is 1.91. The lowest BCUT2D eigenvalue weighted by Gasteiger charge is -2.21. The fourth-order valence-corrected chi connectivity index (χ4v) is 3.53. The topological polar surface area (TPSA) is 37.4 Å². The van der Waals surface area contributed by atoms with Crippen LogP contribution in [0.3, 0.4) is 0 Å². The van der Waals surface area contributed by atoms with Gasteiger partial charge in [-0.1, -0.05) is 11.6 Å². The van der Waals surface area contributed by atoms with Gasteiger partial charge >= 0.3 is 0 Å². The molecule has 2 aromatic carbocycles. The molecule has 0 saturated carbocycles. The minimum Gasteiger partial charge on any atom is -0.266 e. The molecule has 21 heavy (non-hydrogen) atoms. The summed E-state index contributed by atoms with van der Waals surface area (Å²) in [7, 11) is -2.84. The van der Waals surface area contributed by atoms with Crippen molar-refractivity contribution in [3.8, 4) is 0 Å². The first-order chi connectivity index (χ1) is 9.73. The smallest absolute Gasteiger partial charge is 0.264 e. The largest absolute Gasteiger partial charge is 0.266 e. The number of anilines is 1. The Morgan fingerprint density at radius 3 is 2.38 bits per heavy atom. The summed E-state index contributed by atoms with van der Waals surface area (Å²) < 4.78 is 52.7. The molecule has 0 aliphatic carbocycles. The van der Waals surface area contributed by atoms with E-state index < -0.39 is 21.7 Å². The Kier molecular flexibility index (Phi) is 4.20. The van der Waals surface area contributed by atoms with Crippen LogP contribution in [0.5, 0.6) is 0 Å². The molecule has 2 aromatic rings. The van der Waals surface area contributed by atoms with E-state index in [2.05, 4.69) is 0 Å². The standard InChI is InChI=1S/C14H12ClF2NO2S/c1-9-7-10(15)3-6-14(9)21(19,20)18(2)13-8-11(16)4-5-12(13)17/h3-8H,1-2H3. The van der Waals surface area contributed by atoms with E-state index in [4.69, 9.17) is 11.6 Å². The monoisotopic (exact) mass is 331 g/mol. The Bertz CT molecular complexity index is 794. The van der Waals surface area contributed by atoms with Crippen LogP contribution in [0.1, 0.15) is 5.56 Å². The van der Waals surface area contributed by atoms with Gasteiger partial charge in [-0.05, 0) is 42.8 Å². The minimum absolute atomic E-state index is 0.0157. The average Bonchev–Trinajstić information content (AvgIpc) is 2.40. The van der Waals surface area contributed by atoms with Gasteiger partial charge in [0.25, 0.3) is 10.0 Å². The van der Waals surface area contributed by atoms with E-state index in [1.807, 2.05) is 0 Å². The summed E-state index contributed by atoms with van der Waals surface area (Å²) >= 11 is 5.79. The Hall–Kier alpha value is -1.66. The Morgan fingerprint density at radius 2 is 1.76 bits per heavy atom. The average molecular weight is 332 g/mol. The SMILES string of the molecule is Cc1cc(Cl)ccc1S(=O)(=O)N(C)c1cc(F)ccc1F. The maximum absolute atomic E-state index is 13.7. The van der Waals surface area contributed by atoms with Gasteiger partial charge in [0, 0.05) is 18.1 Å². The van der Waals surface area contributed by atoms with Crippen LogP contribution in [-0.4, -0.2) is 15.5 Å². The molecule has 0 unspecified atom stereocenters. The van der Waals surface area contributed by atoms with Crippen molar-refractivity contribution in [2.75, 3.05) is 11.4 Å². The van der Waals surface area contributed by atoms with Crippen LogP contribution in [0.25, 0.3) is 0 Å². The van der Waals surface area contributed by atoms with Crippen molar-refractivity contribution < 1.29 is 17.2 Å². The van der Waals surface area contributed by atoms with Gasteiger partial charge in [-0.2, -0.15) is 0 Å². The number of benzene rings is 2. The third-order valence-electron chi connectivity index (χ3n) is 3.02. The molecule has 0 heterocycles. The highest BCUT2D eigenvalue weighted by atomic mass is 35.5. The number of aryl methyl sites for hydroxylation is 1. The molecule has 2 rings (SSSR count). The molecule has 0 spiro atoms. The summed E-state index contributed by atoms with van der Waals surface area (Å²) in [5, 5.41) is 0.394. The molecule has 3 nitrogen and oxygen atoms in total. The summed E-state index contributed by atoms with van der Waals surface area (Å²) in [6, 6.07) is 6.89. The van der Waals surface area contributed by atoms with Crippen LogP contribution in [0.15, 0.2) is 41.3 Å². The predicted molar refractivity (Wildman–Crippen MR) is 78.1 cm³/mol. The zero-order chi connectivity index (χ0) is 15.8. The van der Waals surface area contributed by atoms with Gasteiger partial charge in [0.2, 0.25) is 0 Å². The van der Waals surface area contributed by atoms with Gasteiger partial charge in [0.15, 0.2) is 0 Å². The van der Waals surface area contributed by atoms with Crippen LogP contribution >= 0.6 is 11.6 Å². The van der Waals surface area contributed by atoms with E-state index in [0.29, 0.717) is 14.9 Å². The first kappa shape index (κ1) is 15.7. The Balaban J connectivity index is 2.55. The van der Waals surface area contributed by atoms with E-state index in [1.165, 1.54) is 25.2 Å². The second kappa shape index (κ2) is 5.61. The van der Waals surface area contributed by atoms with Crippen molar-refractivity contribution in [3.63, 3.8) is 0 Å². The third kappa shape index (κ3) is 3.01. The molecule has 0 aliphatic rings. The van der Waals surface area contributed by atoms with Gasteiger partial charge in [-0.25, -0.2) is 17.2 Å². The van der Waals surface area contributed by atoms with Crippen molar-refractivity contribution in [2.45, 2.75) is 11.8 Å². The lowest BCUT2D eigenvalue weighted by Crippen LogP contribution is -2.28. The van der Waals surface area contributed by atoms with Gasteiger partial charge in [0.05, 0.1) is 10.6 Å². The molecule has 0 fully saturated rings. The zero-order valence-electron chi connectivity index (χ0n) is 11.3. The van der Waals surface area contributed by atoms with Crippen LogP contribution in [0.2, 0.25) is 5.02 Å². The second-order valence-electron chi connectivity index (χ2n) is 4.48. The molecule has 0 atom stereocenters. The first-order valence-electron chi connectivity index (χ1n) is 5.93. The van der Waals surface area contributed by atoms with Crippen molar-refractivity contribution in [1.29, 1.82) is 0 Å². The van der Waals surface area contributed by atoms with Gasteiger partial charge in [-0.3, -0.25) is 4.31 Å². The van der Waals surface area contributed by atoms with Gasteiger partial charge < -0.3 is 0 Å². The number of halogens is 3. The second-order valence-corrected chi connectivity index (χ2v) is 6.85. The van der Waals surface area contributed by atoms with Crippen LogP contribution in [-0.2, 0) is 10.0 Å². The maximum atomic E-state index is 13.7. The lowest BCUT2D eigenvalue weighted by molar-refractivity contribution is 0.585. The molecule has 7 heteroatoms. The third-order valence-corrected chi connectivity index (χ3v) is 5.19. The van der Waals surface area contributed by atoms with Crippen molar-refractivity contribution in [2.24, 2.45) is 0 Å². The van der Waals surface area contributed by atoms with E-state index >= 15 is 0 Å². The molecule has 0 saturated heterocycles. The van der Waals surface area contributed by atoms with E-state index in [-0.39, 0.29) is 10.6 Å². The quantitative estimate of drug-likeness (QED) is 0.859. The summed E-state index contributed by atoms with van der Waals surface area (Å²) in [5.74, 6) is -1.55. The highest BCUT2D eigenvalue weighted by Gasteiger charge is 2.25. The number of sulfonamides is 1. The zero-order valence-corrected chi connectivity index (χ0v) is 12.8. The maximum Gasteiger partial charge on any atom is 0.264 e. The van der Waals surface area contributed by atoms with Crippen LogP contribution in [0, 0.1) is 18.6 Å². The number of rotatable bonds is 3. The molecular formula is C14H12ClF2NO2S. The summed E-state index contributed by atoms with van der Waals surface area (Å²) in [6.45, 7) is 1.58. The molecule has 0 aliphatic heterocycles. The van der Waals surface area contributed by atoms with Crippen molar-refractivity contribution >= 4 is 27.3 Å². The number of hydrogen-bond acceptors (Lipinski definition) is 2. The van der Waals surface area contributed by atoms with Crippen molar-refractivity contribution in [3.05, 3.63) is 58.6 Å². The molecule has 0 aromatic heterocycles. The minimum atomic E-state index is -4.01. The van der Waals surface area contributed by atoms with E-state index in [0.717, 1.165) is 18.2 Å². The Morgan fingerprint density at radius 1 is 1.10 bits per heavy atom. The van der Waals surface area contributed by atoms with Gasteiger partial charge in [-0.15, -0.1) is 0 Å². The summed E-state index contributed by atoms with van der Waals surface area (Å²) in [4.78, 5) is -0.0157. The molecule has 0 N–H and O–H groups in total. The van der Waals surface area contributed by atoms with Crippen molar-refractivity contribution in [1.82, 2.24) is 0 Å². The molecular weight excluding hydrogens is 320 g/mol. The first-order valence-corrected chi connectivity index (χ1v) is 7.75. The summed E-state index contributed by atoms with van der Waals surface area (Å²) in [5.41, 5.74) is 0.0653. The predicted octanol–water partition coefficient (Wildman–Crippen LogP) is 3.75. The fraction of sp³-hybridized carbons (Fsp3) is 0.143. The van der Waals surface area contributed by atoms with E-state index in [9.17, 15) is 17.2 Å². The highest BCUT2D eigenvalue weighted by Crippen LogP contribution is 2.28. The number of hydrogen-bond donors (Lipinski definition) is 0. The molecule has 0 amide bonds. The summed E-state index contributed by atoms with van der Waals surface area (Å²) in [6.07, 6.45) is 0. The molecule has 0 bridgehead atoms. The van der Waals surface area contributed by atoms with E-state index in [1.54, 1.807) is 6.92 Å². The van der Waals surface area contributed by atoms with Crippen LogP contribution in [0.4, 0.5) is 14.5 Å².